The molecule has 0 bridgehead atoms. The number of nitrogens with zero attached hydrogens (tertiary/aromatic N) is 1. The fraction of sp³-hybridized carbons (Fsp3) is 0.400. The third-order valence-electron chi connectivity index (χ3n) is 3.42. The van der Waals surface area contributed by atoms with Crippen molar-refractivity contribution in [1.82, 2.24) is 4.57 Å². The van der Waals surface area contributed by atoms with Crippen LogP contribution in [0.3, 0.4) is 0 Å². The SMILES string of the molecule is CCCCc1cn(CC(=O)O)c2c(C)c(Cl)ccc12. The molecule has 0 aliphatic rings. The minimum atomic E-state index is -0.835. The van der Waals surface area contributed by atoms with Gasteiger partial charge in [-0.15, -0.1) is 0 Å². The van der Waals surface area contributed by atoms with Crippen molar-refractivity contribution in [2.24, 2.45) is 0 Å². The molecule has 2 aromatic rings. The number of rotatable bonds is 5. The van der Waals surface area contributed by atoms with Crippen LogP contribution in [0.25, 0.3) is 10.9 Å². The number of hydrogen-bond donors (Lipinski definition) is 1. The van der Waals surface area contributed by atoms with Gasteiger partial charge in [-0.1, -0.05) is 31.0 Å². The van der Waals surface area contributed by atoms with Gasteiger partial charge < -0.3 is 9.67 Å². The number of benzene rings is 1. The van der Waals surface area contributed by atoms with Crippen LogP contribution in [0.4, 0.5) is 0 Å². The Bertz CT molecular complexity index is 616. The Kier molecular flexibility index (Phi) is 4.15. The van der Waals surface area contributed by atoms with Gasteiger partial charge in [-0.25, -0.2) is 0 Å². The Morgan fingerprint density at radius 1 is 1.42 bits per heavy atom. The number of halogens is 1. The molecule has 0 aliphatic heterocycles. The summed E-state index contributed by atoms with van der Waals surface area (Å²) in [4.78, 5) is 11.0. The zero-order chi connectivity index (χ0) is 14.0. The van der Waals surface area contributed by atoms with Gasteiger partial charge in [0.1, 0.15) is 6.54 Å². The summed E-state index contributed by atoms with van der Waals surface area (Å²) in [6.45, 7) is 4.06. The number of carboxylic acids is 1. The molecule has 0 amide bonds. The molecule has 0 unspecified atom stereocenters. The van der Waals surface area contributed by atoms with Crippen LogP contribution in [0.5, 0.6) is 0 Å². The summed E-state index contributed by atoms with van der Waals surface area (Å²) >= 11 is 6.15. The Morgan fingerprint density at radius 3 is 2.79 bits per heavy atom. The Balaban J connectivity index is 2.59. The highest BCUT2D eigenvalue weighted by molar-refractivity contribution is 6.32. The van der Waals surface area contributed by atoms with Crippen molar-refractivity contribution in [2.45, 2.75) is 39.7 Å². The van der Waals surface area contributed by atoms with Gasteiger partial charge in [0.05, 0.1) is 5.52 Å². The van der Waals surface area contributed by atoms with E-state index in [1.807, 2.05) is 25.3 Å². The van der Waals surface area contributed by atoms with Crippen molar-refractivity contribution in [3.8, 4) is 0 Å². The lowest BCUT2D eigenvalue weighted by molar-refractivity contribution is -0.137. The first-order valence-electron chi connectivity index (χ1n) is 6.53. The van der Waals surface area contributed by atoms with Gasteiger partial charge in [0.15, 0.2) is 0 Å². The van der Waals surface area contributed by atoms with E-state index in [-0.39, 0.29) is 6.54 Å². The fourth-order valence-corrected chi connectivity index (χ4v) is 2.62. The van der Waals surface area contributed by atoms with E-state index in [2.05, 4.69) is 6.92 Å². The number of aryl methyl sites for hydroxylation is 2. The molecule has 102 valence electrons. The molecule has 0 spiro atoms. The number of aromatic nitrogens is 1. The van der Waals surface area contributed by atoms with E-state index in [0.717, 1.165) is 35.7 Å². The number of carbonyl (C=O) groups is 1. The molecule has 0 aliphatic carbocycles. The minimum Gasteiger partial charge on any atom is -0.480 e. The Morgan fingerprint density at radius 2 is 2.16 bits per heavy atom. The van der Waals surface area contributed by atoms with Crippen molar-refractivity contribution in [2.75, 3.05) is 0 Å². The largest absolute Gasteiger partial charge is 0.480 e. The van der Waals surface area contributed by atoms with Gasteiger partial charge >= 0.3 is 5.97 Å². The van der Waals surface area contributed by atoms with Crippen LogP contribution in [0.15, 0.2) is 18.3 Å². The van der Waals surface area contributed by atoms with Crippen LogP contribution in [-0.2, 0) is 17.8 Å². The lowest BCUT2D eigenvalue weighted by Gasteiger charge is -2.06. The normalized spacial score (nSPS) is 11.1. The van der Waals surface area contributed by atoms with Crippen LogP contribution in [0.1, 0.15) is 30.9 Å². The maximum Gasteiger partial charge on any atom is 0.323 e. The Labute approximate surface area is 117 Å². The second-order valence-corrected chi connectivity index (χ2v) is 5.26. The quantitative estimate of drug-likeness (QED) is 0.898. The molecule has 1 aromatic carbocycles. The maximum atomic E-state index is 11.0. The highest BCUT2D eigenvalue weighted by Gasteiger charge is 2.13. The smallest absolute Gasteiger partial charge is 0.323 e. The summed E-state index contributed by atoms with van der Waals surface area (Å²) in [5, 5.41) is 10.8. The predicted octanol–water partition coefficient (Wildman–Crippen LogP) is 4.03. The van der Waals surface area contributed by atoms with Crippen LogP contribution in [-0.4, -0.2) is 15.6 Å². The summed E-state index contributed by atoms with van der Waals surface area (Å²) in [5.74, 6) is -0.835. The summed E-state index contributed by atoms with van der Waals surface area (Å²) in [7, 11) is 0. The highest BCUT2D eigenvalue weighted by Crippen LogP contribution is 2.30. The van der Waals surface area contributed by atoms with Crippen LogP contribution in [0.2, 0.25) is 5.02 Å². The zero-order valence-electron chi connectivity index (χ0n) is 11.2. The average molecular weight is 280 g/mol. The molecule has 1 heterocycles. The standard InChI is InChI=1S/C15H18ClNO2/c1-3-4-5-11-8-17(9-14(18)19)15-10(2)13(16)7-6-12(11)15/h6-8H,3-5,9H2,1-2H3,(H,18,19). The van der Waals surface area contributed by atoms with Crippen molar-refractivity contribution in [3.63, 3.8) is 0 Å². The monoisotopic (exact) mass is 279 g/mol. The van der Waals surface area contributed by atoms with E-state index in [9.17, 15) is 4.79 Å². The first-order chi connectivity index (χ1) is 9.04. The van der Waals surface area contributed by atoms with Gasteiger partial charge in [0.25, 0.3) is 0 Å². The molecule has 4 heteroatoms. The number of aliphatic carboxylic acids is 1. The van der Waals surface area contributed by atoms with E-state index < -0.39 is 5.97 Å². The molecule has 2 rings (SSSR count). The van der Waals surface area contributed by atoms with Crippen molar-refractivity contribution in [1.29, 1.82) is 0 Å². The fourth-order valence-electron chi connectivity index (χ4n) is 2.46. The van der Waals surface area contributed by atoms with Gasteiger partial charge in [-0.05, 0) is 37.0 Å². The molecule has 1 N–H and O–H groups in total. The number of unbranched alkanes of at least 4 members (excludes halogenated alkanes) is 1. The minimum absolute atomic E-state index is 0.0240. The zero-order valence-corrected chi connectivity index (χ0v) is 12.0. The molecule has 0 fully saturated rings. The Hall–Kier alpha value is -1.48. The molecule has 3 nitrogen and oxygen atoms in total. The highest BCUT2D eigenvalue weighted by atomic mass is 35.5. The summed E-state index contributed by atoms with van der Waals surface area (Å²) in [6.07, 6.45) is 5.16. The van der Waals surface area contributed by atoms with E-state index in [4.69, 9.17) is 16.7 Å². The molecule has 0 atom stereocenters. The van der Waals surface area contributed by atoms with Crippen molar-refractivity contribution in [3.05, 3.63) is 34.5 Å². The van der Waals surface area contributed by atoms with Crippen molar-refractivity contribution < 1.29 is 9.90 Å². The molecule has 0 saturated carbocycles. The molecule has 19 heavy (non-hydrogen) atoms. The maximum absolute atomic E-state index is 11.0. The van der Waals surface area contributed by atoms with Crippen LogP contribution < -0.4 is 0 Å². The van der Waals surface area contributed by atoms with E-state index in [1.54, 1.807) is 4.57 Å². The topological polar surface area (TPSA) is 42.2 Å². The number of fused-ring (bicyclic) bond motifs is 1. The van der Waals surface area contributed by atoms with Gasteiger partial charge in [-0.3, -0.25) is 4.79 Å². The summed E-state index contributed by atoms with van der Waals surface area (Å²) in [6, 6.07) is 3.88. The van der Waals surface area contributed by atoms with Crippen LogP contribution in [0, 0.1) is 6.92 Å². The van der Waals surface area contributed by atoms with E-state index in [0.29, 0.717) is 5.02 Å². The molecule has 0 saturated heterocycles. The van der Waals surface area contributed by atoms with E-state index >= 15 is 0 Å². The van der Waals surface area contributed by atoms with Crippen molar-refractivity contribution >= 4 is 28.5 Å². The lowest BCUT2D eigenvalue weighted by atomic mass is 10.1. The first-order valence-corrected chi connectivity index (χ1v) is 6.91. The van der Waals surface area contributed by atoms with E-state index in [1.165, 1.54) is 5.56 Å². The van der Waals surface area contributed by atoms with Gasteiger partial charge in [0, 0.05) is 16.6 Å². The third-order valence-corrected chi connectivity index (χ3v) is 3.82. The summed E-state index contributed by atoms with van der Waals surface area (Å²) < 4.78 is 1.80. The molecular formula is C15H18ClNO2. The van der Waals surface area contributed by atoms with Crippen LogP contribution >= 0.6 is 11.6 Å². The second kappa shape index (κ2) is 5.66. The lowest BCUT2D eigenvalue weighted by Crippen LogP contribution is -2.08. The third kappa shape index (κ3) is 2.76. The number of carboxylic acid groups (broad SMARTS) is 1. The predicted molar refractivity (Wildman–Crippen MR) is 77.9 cm³/mol. The first kappa shape index (κ1) is 13.9. The van der Waals surface area contributed by atoms with Gasteiger partial charge in [0.2, 0.25) is 0 Å². The number of hydrogen-bond acceptors (Lipinski definition) is 1. The molecular weight excluding hydrogens is 262 g/mol. The molecule has 0 radical (unpaired) electrons. The molecule has 1 aromatic heterocycles. The average Bonchev–Trinajstić information content (AvgIpc) is 2.69. The van der Waals surface area contributed by atoms with Gasteiger partial charge in [-0.2, -0.15) is 0 Å². The second-order valence-electron chi connectivity index (χ2n) is 4.85. The summed E-state index contributed by atoms with van der Waals surface area (Å²) in [5.41, 5.74) is 3.10.